The van der Waals surface area contributed by atoms with E-state index >= 15 is 0 Å². The Morgan fingerprint density at radius 2 is 1.53 bits per heavy atom. The lowest BCUT2D eigenvalue weighted by atomic mass is 10.1. The van der Waals surface area contributed by atoms with Crippen LogP contribution in [-0.4, -0.2) is 63.6 Å². The minimum Gasteiger partial charge on any atom is -0.378 e. The average molecular weight is 311 g/mol. The molecule has 0 aliphatic carbocycles. The minimum atomic E-state index is 0.118. The van der Waals surface area contributed by atoms with Crippen molar-refractivity contribution in [2.24, 2.45) is 0 Å². The SMILES string of the molecule is CS(=S)CCNCCOCCOCCNC(C)(C)C. The van der Waals surface area contributed by atoms with E-state index in [-0.39, 0.29) is 15.0 Å². The van der Waals surface area contributed by atoms with E-state index in [1.165, 1.54) is 0 Å². The van der Waals surface area contributed by atoms with Crippen LogP contribution in [0.3, 0.4) is 0 Å². The number of hydrogen-bond acceptors (Lipinski definition) is 5. The lowest BCUT2D eigenvalue weighted by Gasteiger charge is -2.20. The zero-order valence-electron chi connectivity index (χ0n) is 12.8. The number of ether oxygens (including phenoxy) is 2. The Labute approximate surface area is 125 Å². The normalized spacial score (nSPS) is 13.7. The molecule has 0 aromatic carbocycles. The Morgan fingerprint density at radius 1 is 0.947 bits per heavy atom. The van der Waals surface area contributed by atoms with E-state index in [9.17, 15) is 0 Å². The molecule has 0 radical (unpaired) electrons. The molecular formula is C13H30N2O2S2. The van der Waals surface area contributed by atoms with E-state index in [0.717, 1.165) is 38.6 Å². The van der Waals surface area contributed by atoms with Crippen LogP contribution >= 0.6 is 0 Å². The molecule has 0 saturated carbocycles. The molecule has 116 valence electrons. The van der Waals surface area contributed by atoms with Crippen molar-refractivity contribution >= 4 is 20.6 Å². The van der Waals surface area contributed by atoms with Gasteiger partial charge >= 0.3 is 0 Å². The summed E-state index contributed by atoms with van der Waals surface area (Å²) in [6.07, 6.45) is 2.08. The van der Waals surface area contributed by atoms with E-state index in [4.69, 9.17) is 20.7 Å². The first kappa shape index (κ1) is 19.4. The van der Waals surface area contributed by atoms with Crippen LogP contribution in [0.15, 0.2) is 0 Å². The summed E-state index contributed by atoms with van der Waals surface area (Å²) in [4.78, 5) is 0. The maximum absolute atomic E-state index is 5.47. The van der Waals surface area contributed by atoms with Crippen molar-refractivity contribution in [3.8, 4) is 0 Å². The highest BCUT2D eigenvalue weighted by Gasteiger charge is 2.06. The van der Waals surface area contributed by atoms with Crippen molar-refractivity contribution < 1.29 is 9.47 Å². The van der Waals surface area contributed by atoms with Gasteiger partial charge in [-0.25, -0.2) is 0 Å². The first-order valence-corrected chi connectivity index (χ1v) is 9.56. The molecule has 4 nitrogen and oxygen atoms in total. The molecule has 1 unspecified atom stereocenters. The Bertz CT molecular complexity index is 233. The Kier molecular flexibility index (Phi) is 12.4. The predicted octanol–water partition coefficient (Wildman–Crippen LogP) is 0.707. The quantitative estimate of drug-likeness (QED) is 0.520. The van der Waals surface area contributed by atoms with Gasteiger partial charge in [-0.1, -0.05) is 11.2 Å². The number of hydrogen-bond donors (Lipinski definition) is 2. The second-order valence-corrected chi connectivity index (χ2v) is 8.69. The summed E-state index contributed by atoms with van der Waals surface area (Å²) >= 11 is 5.11. The monoisotopic (exact) mass is 310 g/mol. The van der Waals surface area contributed by atoms with Crippen LogP contribution in [0.2, 0.25) is 0 Å². The molecule has 0 bridgehead atoms. The van der Waals surface area contributed by atoms with E-state index < -0.39 is 0 Å². The van der Waals surface area contributed by atoms with Gasteiger partial charge in [-0.15, -0.1) is 9.45 Å². The van der Waals surface area contributed by atoms with E-state index in [2.05, 4.69) is 37.7 Å². The molecule has 0 aromatic rings. The largest absolute Gasteiger partial charge is 0.378 e. The molecule has 0 amide bonds. The smallest absolute Gasteiger partial charge is 0.0701 e. The van der Waals surface area contributed by atoms with Crippen molar-refractivity contribution in [3.63, 3.8) is 0 Å². The van der Waals surface area contributed by atoms with Crippen molar-refractivity contribution in [1.82, 2.24) is 10.6 Å². The molecule has 6 heteroatoms. The third-order valence-electron chi connectivity index (χ3n) is 2.26. The van der Waals surface area contributed by atoms with Gasteiger partial charge < -0.3 is 20.1 Å². The molecule has 0 spiro atoms. The summed E-state index contributed by atoms with van der Waals surface area (Å²) in [6, 6.07) is 0. The summed E-state index contributed by atoms with van der Waals surface area (Å²) in [5.41, 5.74) is 0.161. The zero-order chi connectivity index (χ0) is 14.6. The van der Waals surface area contributed by atoms with Gasteiger partial charge in [0.2, 0.25) is 0 Å². The molecule has 0 fully saturated rings. The van der Waals surface area contributed by atoms with Crippen LogP contribution in [0.4, 0.5) is 0 Å². The first-order chi connectivity index (χ1) is 8.92. The molecular weight excluding hydrogens is 280 g/mol. The van der Waals surface area contributed by atoms with Crippen LogP contribution in [0.5, 0.6) is 0 Å². The summed E-state index contributed by atoms with van der Waals surface area (Å²) in [5.74, 6) is 1.07. The number of rotatable bonds is 12. The second-order valence-electron chi connectivity index (χ2n) is 5.43. The van der Waals surface area contributed by atoms with E-state index in [1.54, 1.807) is 0 Å². The first-order valence-electron chi connectivity index (χ1n) is 6.83. The predicted molar refractivity (Wildman–Crippen MR) is 87.8 cm³/mol. The molecule has 0 heterocycles. The molecule has 2 N–H and O–H groups in total. The standard InChI is InChI=1S/C13H30N2O2S2/c1-13(2,3)15-6-9-17-11-10-16-8-5-14-7-12-19(4)18/h14-15H,5-12H2,1-4H3. The highest BCUT2D eigenvalue weighted by Crippen LogP contribution is 1.96. The fourth-order valence-electron chi connectivity index (χ4n) is 1.31. The molecule has 0 aliphatic heterocycles. The van der Waals surface area contributed by atoms with Crippen molar-refractivity contribution in [2.75, 3.05) is 58.1 Å². The number of nitrogens with one attached hydrogen (secondary N) is 2. The summed E-state index contributed by atoms with van der Waals surface area (Å²) in [7, 11) is 0.118. The van der Waals surface area contributed by atoms with Gasteiger partial charge in [-0.3, -0.25) is 0 Å². The zero-order valence-corrected chi connectivity index (χ0v) is 14.4. The van der Waals surface area contributed by atoms with Crippen LogP contribution < -0.4 is 10.6 Å². The van der Waals surface area contributed by atoms with Crippen LogP contribution in [0.1, 0.15) is 20.8 Å². The lowest BCUT2D eigenvalue weighted by Crippen LogP contribution is -2.38. The second kappa shape index (κ2) is 12.2. The fraction of sp³-hybridized carbons (Fsp3) is 1.00. The van der Waals surface area contributed by atoms with E-state index in [1.807, 2.05) is 0 Å². The lowest BCUT2D eigenvalue weighted by molar-refractivity contribution is 0.0487. The van der Waals surface area contributed by atoms with Crippen LogP contribution in [-0.2, 0) is 30.1 Å². The topological polar surface area (TPSA) is 42.5 Å². The Hall–Kier alpha value is 0.410. The third kappa shape index (κ3) is 18.4. The average Bonchev–Trinajstić information content (AvgIpc) is 2.28. The minimum absolute atomic E-state index is 0.118. The van der Waals surface area contributed by atoms with Gasteiger partial charge in [-0.05, 0) is 27.0 Å². The van der Waals surface area contributed by atoms with E-state index in [0.29, 0.717) is 13.2 Å². The fourth-order valence-corrected chi connectivity index (χ4v) is 1.99. The van der Waals surface area contributed by atoms with Crippen molar-refractivity contribution in [3.05, 3.63) is 0 Å². The van der Waals surface area contributed by atoms with Gasteiger partial charge in [0.1, 0.15) is 0 Å². The molecule has 0 aromatic heterocycles. The molecule has 0 aliphatic rings. The summed E-state index contributed by atoms with van der Waals surface area (Å²) in [5, 5.41) is 6.68. The molecule has 0 rings (SSSR count). The van der Waals surface area contributed by atoms with Gasteiger partial charge in [0.05, 0.1) is 26.4 Å². The third-order valence-corrected chi connectivity index (χ3v) is 3.54. The maximum Gasteiger partial charge on any atom is 0.0701 e. The van der Waals surface area contributed by atoms with Crippen molar-refractivity contribution in [1.29, 1.82) is 0 Å². The van der Waals surface area contributed by atoms with Gasteiger partial charge in [0.25, 0.3) is 0 Å². The summed E-state index contributed by atoms with van der Waals surface area (Å²) in [6.45, 7) is 12.0. The maximum atomic E-state index is 5.47. The Morgan fingerprint density at radius 3 is 2.05 bits per heavy atom. The highest BCUT2D eigenvalue weighted by atomic mass is 32.8. The van der Waals surface area contributed by atoms with Crippen molar-refractivity contribution in [2.45, 2.75) is 26.3 Å². The molecule has 0 saturated heterocycles. The van der Waals surface area contributed by atoms with Gasteiger partial charge in [0, 0.05) is 30.9 Å². The van der Waals surface area contributed by atoms with Crippen LogP contribution in [0.25, 0.3) is 0 Å². The highest BCUT2D eigenvalue weighted by molar-refractivity contribution is 8.28. The van der Waals surface area contributed by atoms with Crippen LogP contribution in [0, 0.1) is 0 Å². The molecule has 1 atom stereocenters. The Balaban J connectivity index is 3.05. The summed E-state index contributed by atoms with van der Waals surface area (Å²) < 4.78 is 10.9. The van der Waals surface area contributed by atoms with Gasteiger partial charge in [0.15, 0.2) is 0 Å². The van der Waals surface area contributed by atoms with Gasteiger partial charge in [-0.2, -0.15) is 0 Å². The molecule has 19 heavy (non-hydrogen) atoms.